The molecular formula is C19H24N5O4S+. The van der Waals surface area contributed by atoms with E-state index in [4.69, 9.17) is 15.2 Å². The Balaban J connectivity index is 1.45. The molecular weight excluding hydrogens is 394 g/mol. The van der Waals surface area contributed by atoms with Crippen molar-refractivity contribution in [3.05, 3.63) is 51.8 Å². The van der Waals surface area contributed by atoms with Gasteiger partial charge in [0.05, 0.1) is 19.7 Å². The van der Waals surface area contributed by atoms with Crippen molar-refractivity contribution in [2.24, 2.45) is 0 Å². The molecule has 1 aromatic carbocycles. The molecule has 0 bridgehead atoms. The summed E-state index contributed by atoms with van der Waals surface area (Å²) in [5.41, 5.74) is 6.60. The van der Waals surface area contributed by atoms with Crippen LogP contribution in [0.4, 0.5) is 5.82 Å². The second-order valence-corrected chi connectivity index (χ2v) is 7.15. The third kappa shape index (κ3) is 5.93. The number of ether oxygens (including phenoxy) is 2. The predicted molar refractivity (Wildman–Crippen MR) is 108 cm³/mol. The van der Waals surface area contributed by atoms with Crippen LogP contribution in [-0.4, -0.2) is 35.9 Å². The monoisotopic (exact) mass is 418 g/mol. The van der Waals surface area contributed by atoms with Gasteiger partial charge in [-0.2, -0.15) is 0 Å². The molecule has 2 heterocycles. The summed E-state index contributed by atoms with van der Waals surface area (Å²) >= 11 is 1.66. The number of thiophene rings is 1. The number of amides is 1. The van der Waals surface area contributed by atoms with Gasteiger partial charge in [-0.3, -0.25) is 4.79 Å². The van der Waals surface area contributed by atoms with Gasteiger partial charge in [-0.25, -0.2) is 4.63 Å². The van der Waals surface area contributed by atoms with Gasteiger partial charge in [0.25, 0.3) is 5.91 Å². The Morgan fingerprint density at radius 3 is 2.90 bits per heavy atom. The average Bonchev–Trinajstić information content (AvgIpc) is 3.39. The number of hydrogen-bond acceptors (Lipinski definition) is 8. The van der Waals surface area contributed by atoms with Gasteiger partial charge in [-0.1, -0.05) is 6.07 Å². The molecule has 0 unspecified atom stereocenters. The molecule has 0 aliphatic heterocycles. The van der Waals surface area contributed by atoms with Crippen LogP contribution in [0.15, 0.2) is 40.3 Å². The zero-order chi connectivity index (χ0) is 20.5. The Hall–Kier alpha value is -3.11. The minimum Gasteiger partial charge on any atom is -0.490 e. The minimum atomic E-state index is -0.400. The summed E-state index contributed by atoms with van der Waals surface area (Å²) < 4.78 is 16.1. The van der Waals surface area contributed by atoms with Gasteiger partial charge in [-0.15, -0.1) is 11.3 Å². The molecule has 0 saturated carbocycles. The molecule has 3 aromatic rings. The first-order chi connectivity index (χ1) is 14.2. The highest BCUT2D eigenvalue weighted by Gasteiger charge is 2.15. The fourth-order valence-corrected chi connectivity index (χ4v) is 3.22. The zero-order valence-electron chi connectivity index (χ0n) is 16.1. The lowest BCUT2D eigenvalue weighted by Crippen LogP contribution is -2.84. The zero-order valence-corrected chi connectivity index (χ0v) is 16.9. The molecule has 9 nitrogen and oxygen atoms in total. The summed E-state index contributed by atoms with van der Waals surface area (Å²) in [4.78, 5) is 13.0. The Labute approximate surface area is 172 Å². The molecule has 1 amide bonds. The van der Waals surface area contributed by atoms with Crippen molar-refractivity contribution in [2.75, 3.05) is 25.4 Å². The topological polar surface area (TPSA) is 129 Å². The van der Waals surface area contributed by atoms with Crippen molar-refractivity contribution in [1.82, 2.24) is 15.6 Å². The second-order valence-electron chi connectivity index (χ2n) is 6.12. The molecule has 3 rings (SSSR count). The van der Waals surface area contributed by atoms with Crippen LogP contribution in [0.5, 0.6) is 11.5 Å². The van der Waals surface area contributed by atoms with Gasteiger partial charge in [0.1, 0.15) is 13.2 Å². The number of benzene rings is 1. The summed E-state index contributed by atoms with van der Waals surface area (Å²) in [6.07, 6.45) is 0. The molecule has 29 heavy (non-hydrogen) atoms. The third-order valence-electron chi connectivity index (χ3n) is 4.00. The summed E-state index contributed by atoms with van der Waals surface area (Å²) in [7, 11) is 0. The van der Waals surface area contributed by atoms with E-state index in [9.17, 15) is 4.79 Å². The van der Waals surface area contributed by atoms with Crippen LogP contribution in [0.3, 0.4) is 0 Å². The molecule has 0 radical (unpaired) electrons. The first-order valence-electron chi connectivity index (χ1n) is 9.26. The van der Waals surface area contributed by atoms with E-state index in [1.807, 2.05) is 42.6 Å². The summed E-state index contributed by atoms with van der Waals surface area (Å²) in [6.45, 7) is 4.93. The highest BCUT2D eigenvalue weighted by molar-refractivity contribution is 7.09. The van der Waals surface area contributed by atoms with E-state index in [1.165, 1.54) is 0 Å². The minimum absolute atomic E-state index is 0.00416. The van der Waals surface area contributed by atoms with Gasteiger partial charge in [-0.05, 0) is 46.9 Å². The number of aromatic nitrogens is 2. The van der Waals surface area contributed by atoms with Crippen molar-refractivity contribution >= 4 is 23.1 Å². The van der Waals surface area contributed by atoms with Crippen molar-refractivity contribution in [2.45, 2.75) is 20.1 Å². The molecule has 0 fully saturated rings. The smallest absolute Gasteiger partial charge is 0.277 e. The SMILES string of the molecule is CCOc1cc(C[NH2+]CCNC(=O)c2nonc2N)ccc1OCc1cccs1. The molecule has 154 valence electrons. The number of nitrogens with two attached hydrogens (primary N) is 2. The van der Waals surface area contributed by atoms with Crippen LogP contribution in [0.1, 0.15) is 27.9 Å². The van der Waals surface area contributed by atoms with E-state index in [0.29, 0.717) is 26.3 Å². The molecule has 0 aliphatic carbocycles. The number of nitrogens with one attached hydrogen (secondary N) is 1. The van der Waals surface area contributed by atoms with Crippen LogP contribution in [0.2, 0.25) is 0 Å². The van der Waals surface area contributed by atoms with E-state index in [-0.39, 0.29) is 11.5 Å². The van der Waals surface area contributed by atoms with Crippen LogP contribution >= 0.6 is 11.3 Å². The maximum Gasteiger partial charge on any atom is 0.277 e. The molecule has 0 aliphatic rings. The lowest BCUT2D eigenvalue weighted by atomic mass is 10.2. The maximum atomic E-state index is 11.9. The van der Waals surface area contributed by atoms with Crippen LogP contribution in [0, 0.1) is 0 Å². The first-order valence-corrected chi connectivity index (χ1v) is 10.1. The van der Waals surface area contributed by atoms with E-state index >= 15 is 0 Å². The number of anilines is 1. The van der Waals surface area contributed by atoms with Crippen molar-refractivity contribution in [3.63, 3.8) is 0 Å². The number of carbonyl (C=O) groups is 1. The van der Waals surface area contributed by atoms with Crippen LogP contribution in [0.25, 0.3) is 0 Å². The molecule has 0 spiro atoms. The summed E-state index contributed by atoms with van der Waals surface area (Å²) in [6, 6.07) is 9.99. The Morgan fingerprint density at radius 1 is 1.28 bits per heavy atom. The van der Waals surface area contributed by atoms with Crippen LogP contribution in [-0.2, 0) is 13.2 Å². The van der Waals surface area contributed by atoms with Crippen molar-refractivity contribution in [1.29, 1.82) is 0 Å². The Morgan fingerprint density at radius 2 is 2.17 bits per heavy atom. The Bertz CT molecular complexity index is 913. The van der Waals surface area contributed by atoms with E-state index in [1.54, 1.807) is 11.3 Å². The molecule has 5 N–H and O–H groups in total. The fourth-order valence-electron chi connectivity index (χ4n) is 2.60. The van der Waals surface area contributed by atoms with Crippen molar-refractivity contribution in [3.8, 4) is 11.5 Å². The maximum absolute atomic E-state index is 11.9. The second kappa shape index (κ2) is 10.4. The Kier molecular flexibility index (Phi) is 7.42. The van der Waals surface area contributed by atoms with E-state index < -0.39 is 5.91 Å². The van der Waals surface area contributed by atoms with E-state index in [0.717, 1.165) is 28.5 Å². The number of nitrogen functional groups attached to an aromatic ring is 1. The van der Waals surface area contributed by atoms with Gasteiger partial charge in [0.2, 0.25) is 11.5 Å². The lowest BCUT2D eigenvalue weighted by molar-refractivity contribution is -0.668. The number of quaternary nitrogens is 1. The predicted octanol–water partition coefficient (Wildman–Crippen LogP) is 1.18. The number of hydrogen-bond donors (Lipinski definition) is 3. The van der Waals surface area contributed by atoms with E-state index in [2.05, 4.69) is 25.6 Å². The summed E-state index contributed by atoms with van der Waals surface area (Å²) in [5.74, 6) is 1.05. The average molecular weight is 418 g/mol. The lowest BCUT2D eigenvalue weighted by Gasteiger charge is -2.13. The van der Waals surface area contributed by atoms with Gasteiger partial charge >= 0.3 is 0 Å². The van der Waals surface area contributed by atoms with Gasteiger partial charge < -0.3 is 25.8 Å². The van der Waals surface area contributed by atoms with Crippen molar-refractivity contribution < 1.29 is 24.2 Å². The highest BCUT2D eigenvalue weighted by Crippen LogP contribution is 2.29. The standard InChI is InChI=1S/C19H23N5O4S/c1-2-26-16-10-13(5-6-15(16)27-12-14-4-3-9-29-14)11-21-7-8-22-19(25)17-18(20)24-28-23-17/h3-6,9-10,21H,2,7-8,11-12H2,1H3,(H2,20,24)(H,22,25)/p+1. The first kappa shape index (κ1) is 20.6. The van der Waals surface area contributed by atoms with Gasteiger partial charge in [0.15, 0.2) is 11.5 Å². The van der Waals surface area contributed by atoms with Gasteiger partial charge in [0, 0.05) is 10.4 Å². The fraction of sp³-hybridized carbons (Fsp3) is 0.316. The largest absolute Gasteiger partial charge is 0.490 e. The molecule has 0 saturated heterocycles. The number of rotatable bonds is 11. The highest BCUT2D eigenvalue weighted by atomic mass is 32.1. The number of carbonyl (C=O) groups excluding carboxylic acids is 1. The number of nitrogens with zero attached hydrogens (tertiary/aromatic N) is 2. The van der Waals surface area contributed by atoms with Crippen LogP contribution < -0.4 is 25.8 Å². The molecule has 0 atom stereocenters. The normalized spacial score (nSPS) is 10.7. The molecule has 10 heteroatoms. The quantitative estimate of drug-likeness (QED) is 0.399. The third-order valence-corrected chi connectivity index (χ3v) is 4.85. The molecule has 2 aromatic heterocycles. The summed E-state index contributed by atoms with van der Waals surface area (Å²) in [5, 5.41) is 13.7.